The number of anilines is 2. The Morgan fingerprint density at radius 2 is 1.95 bits per heavy atom. The van der Waals surface area contributed by atoms with Crippen molar-refractivity contribution >= 4 is 52.1 Å². The van der Waals surface area contributed by atoms with Gasteiger partial charge in [0.1, 0.15) is 5.15 Å². The van der Waals surface area contributed by atoms with Crippen LogP contribution in [0.1, 0.15) is 15.9 Å². The number of amides is 1. The molecule has 0 radical (unpaired) electrons. The van der Waals surface area contributed by atoms with Gasteiger partial charge in [0, 0.05) is 10.7 Å². The number of aromatic nitrogens is 1. The molecule has 7 heteroatoms. The third-order valence-electron chi connectivity index (χ3n) is 2.64. The predicted octanol–water partition coefficient (Wildman–Crippen LogP) is 4.18. The summed E-state index contributed by atoms with van der Waals surface area (Å²) in [5, 5.41) is 3.45. The van der Waals surface area contributed by atoms with Crippen LogP contribution in [0.3, 0.4) is 0 Å². The summed E-state index contributed by atoms with van der Waals surface area (Å²) in [5.41, 5.74) is 7.43. The number of pyridine rings is 1. The van der Waals surface area contributed by atoms with E-state index in [0.717, 1.165) is 0 Å². The van der Waals surface area contributed by atoms with Crippen molar-refractivity contribution < 1.29 is 4.79 Å². The molecule has 0 spiro atoms. The van der Waals surface area contributed by atoms with Gasteiger partial charge in [-0.2, -0.15) is 0 Å². The maximum absolute atomic E-state index is 12.2. The molecule has 0 saturated carbocycles. The number of carbonyl (C=O) groups is 1. The monoisotopic (exact) mass is 329 g/mol. The first-order valence-corrected chi connectivity index (χ1v) is 6.71. The van der Waals surface area contributed by atoms with Gasteiger partial charge in [-0.15, -0.1) is 0 Å². The molecule has 0 bridgehead atoms. The SMILES string of the molecule is Cc1cc(Cl)nc(Cl)c1NC(=O)c1cc(Cl)ccc1N. The highest BCUT2D eigenvalue weighted by Crippen LogP contribution is 2.28. The van der Waals surface area contributed by atoms with Crippen LogP contribution in [0.5, 0.6) is 0 Å². The molecule has 1 aromatic carbocycles. The number of hydrogen-bond donors (Lipinski definition) is 2. The van der Waals surface area contributed by atoms with Crippen LogP contribution in [0, 0.1) is 6.92 Å². The Kier molecular flexibility index (Phi) is 4.38. The quantitative estimate of drug-likeness (QED) is 0.641. The average molecular weight is 331 g/mol. The van der Waals surface area contributed by atoms with Crippen LogP contribution in [0.25, 0.3) is 0 Å². The molecule has 0 fully saturated rings. The lowest BCUT2D eigenvalue weighted by Gasteiger charge is -2.11. The van der Waals surface area contributed by atoms with Crippen LogP contribution < -0.4 is 11.1 Å². The smallest absolute Gasteiger partial charge is 0.257 e. The molecule has 0 aliphatic heterocycles. The fraction of sp³-hybridized carbons (Fsp3) is 0.0769. The number of nitrogen functional groups attached to an aromatic ring is 1. The first-order chi connectivity index (χ1) is 9.38. The number of nitrogens with one attached hydrogen (secondary N) is 1. The summed E-state index contributed by atoms with van der Waals surface area (Å²) in [4.78, 5) is 16.1. The Morgan fingerprint density at radius 1 is 1.25 bits per heavy atom. The number of hydrogen-bond acceptors (Lipinski definition) is 3. The zero-order valence-corrected chi connectivity index (χ0v) is 12.6. The minimum Gasteiger partial charge on any atom is -0.398 e. The second kappa shape index (κ2) is 5.87. The minimum absolute atomic E-state index is 0.115. The first-order valence-electron chi connectivity index (χ1n) is 5.57. The third-order valence-corrected chi connectivity index (χ3v) is 3.34. The van der Waals surface area contributed by atoms with E-state index in [9.17, 15) is 4.79 Å². The summed E-state index contributed by atoms with van der Waals surface area (Å²) in [6, 6.07) is 6.25. The summed E-state index contributed by atoms with van der Waals surface area (Å²) in [6.45, 7) is 1.76. The van der Waals surface area contributed by atoms with Gasteiger partial charge in [-0.05, 0) is 36.8 Å². The predicted molar refractivity (Wildman–Crippen MR) is 82.8 cm³/mol. The standard InChI is InChI=1S/C13H10Cl3N3O/c1-6-4-10(15)18-12(16)11(6)19-13(20)8-5-7(14)2-3-9(8)17/h2-5H,17H2,1H3,(H,19,20). The molecule has 2 aromatic rings. The highest BCUT2D eigenvalue weighted by Gasteiger charge is 2.15. The Morgan fingerprint density at radius 3 is 2.60 bits per heavy atom. The van der Waals surface area contributed by atoms with Gasteiger partial charge in [-0.3, -0.25) is 4.79 Å². The molecule has 1 amide bonds. The Balaban J connectivity index is 2.35. The molecule has 3 N–H and O–H groups in total. The van der Waals surface area contributed by atoms with Gasteiger partial charge in [0.05, 0.1) is 11.3 Å². The van der Waals surface area contributed by atoms with E-state index in [1.807, 2.05) is 0 Å². The Bertz CT molecular complexity index is 666. The second-order valence-corrected chi connectivity index (χ2v) is 5.30. The number of nitrogens with two attached hydrogens (primary N) is 1. The van der Waals surface area contributed by atoms with E-state index in [4.69, 9.17) is 40.5 Å². The third kappa shape index (κ3) is 3.15. The highest BCUT2D eigenvalue weighted by atomic mass is 35.5. The van der Waals surface area contributed by atoms with E-state index >= 15 is 0 Å². The summed E-state index contributed by atoms with van der Waals surface area (Å²) in [7, 11) is 0. The van der Waals surface area contributed by atoms with E-state index in [-0.39, 0.29) is 15.9 Å². The number of carbonyl (C=O) groups excluding carboxylic acids is 1. The molecule has 2 rings (SSSR count). The first kappa shape index (κ1) is 14.9. The molecule has 0 unspecified atom stereocenters. The summed E-state index contributed by atoms with van der Waals surface area (Å²) >= 11 is 17.6. The lowest BCUT2D eigenvalue weighted by atomic mass is 10.1. The molecule has 0 atom stereocenters. The van der Waals surface area contributed by atoms with Crippen LogP contribution in [0.2, 0.25) is 15.3 Å². The highest BCUT2D eigenvalue weighted by molar-refractivity contribution is 6.35. The number of rotatable bonds is 2. The van der Waals surface area contributed by atoms with Crippen LogP contribution >= 0.6 is 34.8 Å². The van der Waals surface area contributed by atoms with Gasteiger partial charge in [0.2, 0.25) is 0 Å². The van der Waals surface area contributed by atoms with E-state index in [0.29, 0.717) is 22.0 Å². The summed E-state index contributed by atoms with van der Waals surface area (Å²) in [6.07, 6.45) is 0. The lowest BCUT2D eigenvalue weighted by Crippen LogP contribution is -2.15. The van der Waals surface area contributed by atoms with Gasteiger partial charge in [-0.25, -0.2) is 4.98 Å². The fourth-order valence-corrected chi connectivity index (χ4v) is 2.40. The molecule has 104 valence electrons. The van der Waals surface area contributed by atoms with E-state index in [2.05, 4.69) is 10.3 Å². The minimum atomic E-state index is -0.417. The topological polar surface area (TPSA) is 68.0 Å². The Hall–Kier alpha value is -1.49. The normalized spacial score (nSPS) is 10.4. The number of aryl methyl sites for hydroxylation is 1. The lowest BCUT2D eigenvalue weighted by molar-refractivity contribution is 0.102. The fourth-order valence-electron chi connectivity index (χ4n) is 1.65. The van der Waals surface area contributed by atoms with Crippen LogP contribution in [-0.4, -0.2) is 10.9 Å². The van der Waals surface area contributed by atoms with Gasteiger partial charge in [0.15, 0.2) is 5.15 Å². The van der Waals surface area contributed by atoms with Crippen molar-refractivity contribution in [1.29, 1.82) is 0 Å². The molecule has 4 nitrogen and oxygen atoms in total. The average Bonchev–Trinajstić information content (AvgIpc) is 2.36. The zero-order valence-electron chi connectivity index (χ0n) is 10.4. The molecular weight excluding hydrogens is 321 g/mol. The number of nitrogens with zero attached hydrogens (tertiary/aromatic N) is 1. The van der Waals surface area contributed by atoms with Crippen LogP contribution in [0.15, 0.2) is 24.3 Å². The molecule has 1 aromatic heterocycles. The van der Waals surface area contributed by atoms with Crippen LogP contribution in [0.4, 0.5) is 11.4 Å². The van der Waals surface area contributed by atoms with Crippen molar-refractivity contribution in [2.75, 3.05) is 11.1 Å². The van der Waals surface area contributed by atoms with Crippen molar-refractivity contribution in [1.82, 2.24) is 4.98 Å². The molecule has 1 heterocycles. The maximum Gasteiger partial charge on any atom is 0.257 e. The summed E-state index contributed by atoms with van der Waals surface area (Å²) < 4.78 is 0. The summed E-state index contributed by atoms with van der Waals surface area (Å²) in [5.74, 6) is -0.417. The van der Waals surface area contributed by atoms with Crippen molar-refractivity contribution in [3.8, 4) is 0 Å². The molecule has 0 saturated heterocycles. The van der Waals surface area contributed by atoms with E-state index in [1.165, 1.54) is 6.07 Å². The molecule has 20 heavy (non-hydrogen) atoms. The van der Waals surface area contributed by atoms with Gasteiger partial charge >= 0.3 is 0 Å². The van der Waals surface area contributed by atoms with Crippen molar-refractivity contribution in [3.05, 3.63) is 50.7 Å². The van der Waals surface area contributed by atoms with Crippen molar-refractivity contribution in [2.45, 2.75) is 6.92 Å². The van der Waals surface area contributed by atoms with Gasteiger partial charge < -0.3 is 11.1 Å². The largest absolute Gasteiger partial charge is 0.398 e. The number of benzene rings is 1. The molecule has 0 aliphatic rings. The van der Waals surface area contributed by atoms with Crippen molar-refractivity contribution in [3.63, 3.8) is 0 Å². The molecule has 0 aliphatic carbocycles. The second-order valence-electron chi connectivity index (χ2n) is 4.11. The Labute approximate surface area is 130 Å². The number of halogens is 3. The van der Waals surface area contributed by atoms with E-state index in [1.54, 1.807) is 25.1 Å². The maximum atomic E-state index is 12.2. The van der Waals surface area contributed by atoms with Gasteiger partial charge in [-0.1, -0.05) is 34.8 Å². The van der Waals surface area contributed by atoms with Gasteiger partial charge in [0.25, 0.3) is 5.91 Å². The zero-order chi connectivity index (χ0) is 14.9. The molecular formula is C13H10Cl3N3O. The van der Waals surface area contributed by atoms with E-state index < -0.39 is 5.91 Å². The van der Waals surface area contributed by atoms with Crippen LogP contribution in [-0.2, 0) is 0 Å². The van der Waals surface area contributed by atoms with Crippen molar-refractivity contribution in [2.24, 2.45) is 0 Å².